The summed E-state index contributed by atoms with van der Waals surface area (Å²) in [6.45, 7) is 4.95. The second-order valence-electron chi connectivity index (χ2n) is 24.9. The molecule has 0 bridgehead atoms. The average Bonchev–Trinajstić information content (AvgIpc) is 3.38. The number of unbranched alkanes of at least 4 members (excludes halogenated alkanes) is 49. The maximum Gasteiger partial charge on any atom is 0.472 e. The van der Waals surface area contributed by atoms with Crippen LogP contribution in [0.1, 0.15) is 361 Å². The molecule has 0 saturated heterocycles. The molecule has 0 aliphatic carbocycles. The van der Waals surface area contributed by atoms with Crippen LogP contribution in [0.2, 0.25) is 0 Å². The molecule has 0 spiro atoms. The molecule has 0 rings (SSSR count). The first-order valence-corrected chi connectivity index (χ1v) is 35.5. The smallest absolute Gasteiger partial charge is 0.391 e. The third kappa shape index (κ3) is 60.9. The topological polar surface area (TPSA) is 105 Å². The van der Waals surface area contributed by atoms with Crippen molar-refractivity contribution in [2.45, 2.75) is 373 Å². The van der Waals surface area contributed by atoms with Crippen LogP contribution in [0.3, 0.4) is 0 Å². The van der Waals surface area contributed by atoms with Gasteiger partial charge in [-0.3, -0.25) is 13.8 Å². The quantitative estimate of drug-likeness (QED) is 0.0243. The number of amides is 1. The van der Waals surface area contributed by atoms with Crippen LogP contribution in [0.25, 0.3) is 0 Å². The minimum atomic E-state index is -4.33. The molecule has 8 nitrogen and oxygen atoms in total. The van der Waals surface area contributed by atoms with Crippen LogP contribution < -0.4 is 5.32 Å². The fourth-order valence-corrected chi connectivity index (χ4v) is 11.4. The lowest BCUT2D eigenvalue weighted by molar-refractivity contribution is -0.870. The molecule has 0 fully saturated rings. The number of hydrogen-bond donors (Lipinski definition) is 3. The Hall–Kier alpha value is -0.760. The van der Waals surface area contributed by atoms with Crippen molar-refractivity contribution in [2.24, 2.45) is 0 Å². The maximum absolute atomic E-state index is 13.1. The summed E-state index contributed by atoms with van der Waals surface area (Å²) >= 11 is 0. The molecule has 3 unspecified atom stereocenters. The van der Waals surface area contributed by atoms with E-state index in [4.69, 9.17) is 9.05 Å². The lowest BCUT2D eigenvalue weighted by Crippen LogP contribution is -2.46. The number of phosphoric acid groups is 1. The lowest BCUT2D eigenvalue weighted by atomic mass is 10.0. The van der Waals surface area contributed by atoms with Gasteiger partial charge in [-0.1, -0.05) is 328 Å². The third-order valence-corrected chi connectivity index (χ3v) is 17.0. The van der Waals surface area contributed by atoms with Gasteiger partial charge in [-0.25, -0.2) is 4.57 Å². The summed E-state index contributed by atoms with van der Waals surface area (Å²) in [6.07, 6.45) is 74.5. The van der Waals surface area contributed by atoms with Crippen LogP contribution in [0.4, 0.5) is 0 Å². The molecule has 454 valence electrons. The van der Waals surface area contributed by atoms with E-state index in [1.165, 1.54) is 295 Å². The normalized spacial score (nSPS) is 13.7. The van der Waals surface area contributed by atoms with E-state index in [0.717, 1.165) is 38.5 Å². The van der Waals surface area contributed by atoms with Crippen LogP contribution >= 0.6 is 7.82 Å². The number of aliphatic hydroxyl groups is 1. The van der Waals surface area contributed by atoms with E-state index in [9.17, 15) is 19.4 Å². The van der Waals surface area contributed by atoms with Crippen molar-refractivity contribution in [2.75, 3.05) is 40.9 Å². The van der Waals surface area contributed by atoms with E-state index in [-0.39, 0.29) is 19.1 Å². The zero-order valence-electron chi connectivity index (χ0n) is 52.0. The van der Waals surface area contributed by atoms with Gasteiger partial charge in [0.2, 0.25) is 5.91 Å². The number of phosphoric ester groups is 1. The molecule has 0 radical (unpaired) electrons. The first kappa shape index (κ1) is 75.2. The standard InChI is InChI=1S/C67H135N2O6P/c1-6-8-10-12-14-16-18-20-22-24-26-28-30-32-33-34-35-37-39-41-43-45-47-49-51-53-55-57-59-61-67(71)68-65(64-75-76(72,73)74-63-62-69(3,4)5)66(70)60-58-56-54-52-50-48-46-44-42-40-38-36-31-29-27-25-23-21-19-17-15-13-11-9-7-2/h24,26,65-66,70H,6-23,25,27-64H2,1-5H3,(H-,68,71,72,73)/p+1/b26-24-. The van der Waals surface area contributed by atoms with Crippen LogP contribution in [-0.4, -0.2) is 73.4 Å². The van der Waals surface area contributed by atoms with E-state index in [1.54, 1.807) is 0 Å². The minimum absolute atomic E-state index is 0.0782. The number of rotatable bonds is 64. The number of nitrogens with one attached hydrogen (secondary N) is 1. The Kier molecular flexibility index (Phi) is 58.3. The lowest BCUT2D eigenvalue weighted by Gasteiger charge is -2.26. The van der Waals surface area contributed by atoms with Gasteiger partial charge in [0.15, 0.2) is 0 Å². The fraction of sp³-hybridized carbons (Fsp3) is 0.955. The second kappa shape index (κ2) is 58.9. The molecule has 0 aromatic heterocycles. The van der Waals surface area contributed by atoms with Gasteiger partial charge in [-0.05, 0) is 38.5 Å². The van der Waals surface area contributed by atoms with Gasteiger partial charge in [0, 0.05) is 6.42 Å². The summed E-state index contributed by atoms with van der Waals surface area (Å²) < 4.78 is 23.9. The highest BCUT2D eigenvalue weighted by Gasteiger charge is 2.28. The Morgan fingerprint density at radius 3 is 1.01 bits per heavy atom. The summed E-state index contributed by atoms with van der Waals surface area (Å²) in [4.78, 5) is 23.4. The van der Waals surface area contributed by atoms with Crippen molar-refractivity contribution in [1.29, 1.82) is 0 Å². The molecule has 9 heteroatoms. The van der Waals surface area contributed by atoms with Gasteiger partial charge in [-0.15, -0.1) is 0 Å². The van der Waals surface area contributed by atoms with Crippen molar-refractivity contribution in [3.63, 3.8) is 0 Å². The third-order valence-electron chi connectivity index (χ3n) is 16.0. The van der Waals surface area contributed by atoms with Crippen molar-refractivity contribution in [3.8, 4) is 0 Å². The van der Waals surface area contributed by atoms with Crippen molar-refractivity contribution in [3.05, 3.63) is 12.2 Å². The Bertz CT molecular complexity index is 1240. The molecule has 0 saturated carbocycles. The Labute approximate surface area is 475 Å². The number of nitrogens with zero attached hydrogens (tertiary/aromatic N) is 1. The van der Waals surface area contributed by atoms with E-state index in [2.05, 4.69) is 31.3 Å². The molecular weight excluding hydrogens is 960 g/mol. The van der Waals surface area contributed by atoms with Crippen molar-refractivity contribution < 1.29 is 32.9 Å². The van der Waals surface area contributed by atoms with Crippen LogP contribution in [0.15, 0.2) is 12.2 Å². The monoisotopic (exact) mass is 1100 g/mol. The molecule has 76 heavy (non-hydrogen) atoms. The minimum Gasteiger partial charge on any atom is -0.391 e. The summed E-state index contributed by atoms with van der Waals surface area (Å²) in [5.41, 5.74) is 0. The number of aliphatic hydroxyl groups excluding tert-OH is 1. The predicted molar refractivity (Wildman–Crippen MR) is 332 cm³/mol. The number of allylic oxidation sites excluding steroid dienone is 2. The van der Waals surface area contributed by atoms with Crippen molar-refractivity contribution >= 4 is 13.7 Å². The molecule has 0 aromatic carbocycles. The van der Waals surface area contributed by atoms with E-state index in [0.29, 0.717) is 23.9 Å². The Balaban J connectivity index is 4.02. The van der Waals surface area contributed by atoms with Crippen LogP contribution in [0, 0.1) is 0 Å². The number of carbonyl (C=O) groups is 1. The fourth-order valence-electron chi connectivity index (χ4n) is 10.7. The highest BCUT2D eigenvalue weighted by atomic mass is 31.2. The molecule has 0 aromatic rings. The molecule has 1 amide bonds. The molecule has 0 aliphatic heterocycles. The summed E-state index contributed by atoms with van der Waals surface area (Å²) in [7, 11) is 1.64. The SMILES string of the molecule is CCCCCCCCCC/C=C\CCCCCCCCCCCCCCCCCCCC(=O)NC(COP(=O)(O)OCC[N+](C)(C)C)C(O)CCCCCCCCCCCCCCCCCCCCCCCCCCC. The zero-order chi connectivity index (χ0) is 55.6. The number of likely N-dealkylation sites (N-methyl/N-ethyl adjacent to an activating group) is 1. The van der Waals surface area contributed by atoms with E-state index in [1.807, 2.05) is 21.1 Å². The number of hydrogen-bond acceptors (Lipinski definition) is 5. The Morgan fingerprint density at radius 2 is 0.711 bits per heavy atom. The summed E-state index contributed by atoms with van der Waals surface area (Å²) in [5, 5.41) is 14.1. The first-order valence-electron chi connectivity index (χ1n) is 34.1. The number of quaternary nitrogens is 1. The van der Waals surface area contributed by atoms with Gasteiger partial charge in [0.25, 0.3) is 0 Å². The predicted octanol–water partition coefficient (Wildman–Crippen LogP) is 21.3. The van der Waals surface area contributed by atoms with Crippen molar-refractivity contribution in [1.82, 2.24) is 5.32 Å². The van der Waals surface area contributed by atoms with Gasteiger partial charge in [0.1, 0.15) is 13.2 Å². The molecule has 0 aliphatic rings. The van der Waals surface area contributed by atoms with Gasteiger partial charge < -0.3 is 19.8 Å². The van der Waals surface area contributed by atoms with Gasteiger partial charge >= 0.3 is 7.82 Å². The zero-order valence-corrected chi connectivity index (χ0v) is 52.9. The van der Waals surface area contributed by atoms with Crippen LogP contribution in [-0.2, 0) is 18.4 Å². The van der Waals surface area contributed by atoms with E-state index < -0.39 is 20.0 Å². The molecule has 0 heterocycles. The molecular formula is C67H136N2O6P+. The highest BCUT2D eigenvalue weighted by molar-refractivity contribution is 7.47. The maximum atomic E-state index is 13.1. The van der Waals surface area contributed by atoms with Gasteiger partial charge in [0.05, 0.1) is 39.9 Å². The highest BCUT2D eigenvalue weighted by Crippen LogP contribution is 2.43. The van der Waals surface area contributed by atoms with Crippen LogP contribution in [0.5, 0.6) is 0 Å². The van der Waals surface area contributed by atoms with E-state index >= 15 is 0 Å². The largest absolute Gasteiger partial charge is 0.472 e. The van der Waals surface area contributed by atoms with Gasteiger partial charge in [-0.2, -0.15) is 0 Å². The molecule has 3 atom stereocenters. The second-order valence-corrected chi connectivity index (χ2v) is 26.4. The number of carbonyl (C=O) groups excluding carboxylic acids is 1. The first-order chi connectivity index (χ1) is 37.0. The summed E-state index contributed by atoms with van der Waals surface area (Å²) in [5.74, 6) is -0.135. The average molecular weight is 1100 g/mol. The molecule has 3 N–H and O–H groups in total. The summed E-state index contributed by atoms with van der Waals surface area (Å²) in [6, 6.07) is -0.758. The Morgan fingerprint density at radius 1 is 0.434 bits per heavy atom.